The zero-order valence-corrected chi connectivity index (χ0v) is 11.3. The summed E-state index contributed by atoms with van der Waals surface area (Å²) in [4.78, 5) is 7.07. The number of benzene rings is 1. The minimum absolute atomic E-state index is 0.320. The van der Waals surface area contributed by atoms with Gasteiger partial charge in [0, 0.05) is 18.5 Å². The van der Waals surface area contributed by atoms with Crippen LogP contribution in [0.3, 0.4) is 0 Å². The number of piperidine rings is 1. The van der Waals surface area contributed by atoms with Crippen LogP contribution in [0.2, 0.25) is 0 Å². The molecule has 2 nitrogen and oxygen atoms in total. The molecule has 1 aliphatic rings. The van der Waals surface area contributed by atoms with Gasteiger partial charge in [0.2, 0.25) is 0 Å². The fraction of sp³-hybridized carbons (Fsp3) is 0.462. The molecule has 1 aromatic heterocycles. The van der Waals surface area contributed by atoms with Crippen LogP contribution in [0.5, 0.6) is 0 Å². The lowest BCUT2D eigenvalue weighted by molar-refractivity contribution is 0.454. The summed E-state index contributed by atoms with van der Waals surface area (Å²) in [7, 11) is 0. The zero-order chi connectivity index (χ0) is 11.8. The van der Waals surface area contributed by atoms with Crippen molar-refractivity contribution in [2.75, 3.05) is 18.0 Å². The van der Waals surface area contributed by atoms with Crippen molar-refractivity contribution in [2.45, 2.75) is 18.7 Å². The van der Waals surface area contributed by atoms with Crippen molar-refractivity contribution in [2.24, 2.45) is 5.92 Å². The van der Waals surface area contributed by atoms with Gasteiger partial charge in [-0.2, -0.15) is 0 Å². The lowest BCUT2D eigenvalue weighted by Crippen LogP contribution is -2.39. The summed E-state index contributed by atoms with van der Waals surface area (Å²) in [5.74, 6) is 0.539. The summed E-state index contributed by atoms with van der Waals surface area (Å²) >= 11 is 8.03. The molecule has 0 N–H and O–H groups in total. The van der Waals surface area contributed by atoms with E-state index in [9.17, 15) is 0 Å². The number of aromatic nitrogens is 1. The van der Waals surface area contributed by atoms with Crippen molar-refractivity contribution in [3.63, 3.8) is 0 Å². The predicted molar refractivity (Wildman–Crippen MR) is 75.3 cm³/mol. The lowest BCUT2D eigenvalue weighted by atomic mass is 10.0. The van der Waals surface area contributed by atoms with Crippen molar-refractivity contribution in [1.29, 1.82) is 0 Å². The van der Waals surface area contributed by atoms with Gasteiger partial charge in [-0.3, -0.25) is 0 Å². The lowest BCUT2D eigenvalue weighted by Gasteiger charge is -2.33. The van der Waals surface area contributed by atoms with Crippen molar-refractivity contribution < 1.29 is 0 Å². The molecule has 0 saturated carbocycles. The van der Waals surface area contributed by atoms with E-state index in [0.29, 0.717) is 11.3 Å². The van der Waals surface area contributed by atoms with E-state index in [1.807, 2.05) is 6.07 Å². The maximum absolute atomic E-state index is 6.25. The van der Waals surface area contributed by atoms with Crippen LogP contribution in [0.4, 0.5) is 5.13 Å². The molecule has 0 radical (unpaired) electrons. The van der Waals surface area contributed by atoms with Gasteiger partial charge in [0.15, 0.2) is 5.13 Å². The molecule has 1 aromatic carbocycles. The van der Waals surface area contributed by atoms with Crippen LogP contribution in [0.15, 0.2) is 24.3 Å². The summed E-state index contributed by atoms with van der Waals surface area (Å²) in [6, 6.07) is 8.32. The largest absolute Gasteiger partial charge is 0.348 e. The molecule has 2 heterocycles. The first kappa shape index (κ1) is 11.3. The van der Waals surface area contributed by atoms with Crippen molar-refractivity contribution >= 4 is 38.3 Å². The van der Waals surface area contributed by atoms with E-state index in [2.05, 4.69) is 30.0 Å². The van der Waals surface area contributed by atoms with Crippen LogP contribution >= 0.6 is 22.9 Å². The molecular formula is C13H15ClN2S. The number of rotatable bonds is 1. The normalized spacial score (nSPS) is 25.4. The number of alkyl halides is 1. The highest BCUT2D eigenvalue weighted by Gasteiger charge is 2.25. The Morgan fingerprint density at radius 1 is 1.41 bits per heavy atom. The summed E-state index contributed by atoms with van der Waals surface area (Å²) in [6.07, 6.45) is 1.05. The number of halogens is 1. The van der Waals surface area contributed by atoms with E-state index in [1.54, 1.807) is 11.3 Å². The Balaban J connectivity index is 1.88. The molecule has 1 saturated heterocycles. The van der Waals surface area contributed by atoms with E-state index < -0.39 is 0 Å². The molecule has 0 spiro atoms. The number of anilines is 1. The number of fused-ring (bicyclic) bond motifs is 1. The summed E-state index contributed by atoms with van der Waals surface area (Å²) in [6.45, 7) is 4.27. The molecule has 0 bridgehead atoms. The standard InChI is InChI=1S/C13H15ClN2S/c1-9-8-16(7-6-10(9)14)13-15-11-4-2-3-5-12(11)17-13/h2-5,9-10H,6-8H2,1H3. The molecule has 2 atom stereocenters. The number of hydrogen-bond acceptors (Lipinski definition) is 3. The van der Waals surface area contributed by atoms with Crippen molar-refractivity contribution in [1.82, 2.24) is 4.98 Å². The van der Waals surface area contributed by atoms with Crippen LogP contribution in [-0.4, -0.2) is 23.5 Å². The predicted octanol–water partition coefficient (Wildman–Crippen LogP) is 3.75. The van der Waals surface area contributed by atoms with Crippen molar-refractivity contribution in [3.05, 3.63) is 24.3 Å². The molecule has 0 amide bonds. The molecule has 2 unspecified atom stereocenters. The minimum atomic E-state index is 0.320. The average molecular weight is 267 g/mol. The molecule has 1 fully saturated rings. The van der Waals surface area contributed by atoms with Gasteiger partial charge in [-0.05, 0) is 24.5 Å². The number of nitrogens with zero attached hydrogens (tertiary/aromatic N) is 2. The van der Waals surface area contributed by atoms with E-state index in [1.165, 1.54) is 4.70 Å². The molecule has 17 heavy (non-hydrogen) atoms. The van der Waals surface area contributed by atoms with Gasteiger partial charge in [0.25, 0.3) is 0 Å². The Morgan fingerprint density at radius 2 is 2.24 bits per heavy atom. The minimum Gasteiger partial charge on any atom is -0.348 e. The average Bonchev–Trinajstić information content (AvgIpc) is 2.76. The summed E-state index contributed by atoms with van der Waals surface area (Å²) in [5, 5.41) is 1.46. The molecular weight excluding hydrogens is 252 g/mol. The van der Waals surface area contributed by atoms with Gasteiger partial charge < -0.3 is 4.90 Å². The van der Waals surface area contributed by atoms with Gasteiger partial charge in [-0.15, -0.1) is 11.6 Å². The second-order valence-electron chi connectivity index (χ2n) is 4.69. The fourth-order valence-electron chi connectivity index (χ4n) is 2.29. The second kappa shape index (κ2) is 4.46. The molecule has 1 aliphatic heterocycles. The number of para-hydroxylation sites is 1. The van der Waals surface area contributed by atoms with Crippen LogP contribution in [0.1, 0.15) is 13.3 Å². The first-order chi connectivity index (χ1) is 8.24. The Morgan fingerprint density at radius 3 is 3.00 bits per heavy atom. The SMILES string of the molecule is CC1CN(c2nc3ccccc3s2)CCC1Cl. The Bertz CT molecular complexity index is 492. The summed E-state index contributed by atoms with van der Waals surface area (Å²) < 4.78 is 1.27. The number of thiazole rings is 1. The Hall–Kier alpha value is -0.800. The monoisotopic (exact) mass is 266 g/mol. The topological polar surface area (TPSA) is 16.1 Å². The highest BCUT2D eigenvalue weighted by Crippen LogP contribution is 2.32. The molecule has 4 heteroatoms. The highest BCUT2D eigenvalue weighted by atomic mass is 35.5. The first-order valence-electron chi connectivity index (χ1n) is 5.98. The van der Waals surface area contributed by atoms with Gasteiger partial charge in [-0.25, -0.2) is 4.98 Å². The van der Waals surface area contributed by atoms with Crippen molar-refractivity contribution in [3.8, 4) is 0 Å². The first-order valence-corrected chi connectivity index (χ1v) is 7.24. The van der Waals surface area contributed by atoms with Gasteiger partial charge in [-0.1, -0.05) is 30.4 Å². The third-order valence-electron chi connectivity index (χ3n) is 3.35. The highest BCUT2D eigenvalue weighted by molar-refractivity contribution is 7.22. The third kappa shape index (κ3) is 2.14. The zero-order valence-electron chi connectivity index (χ0n) is 9.77. The van der Waals surface area contributed by atoms with Crippen LogP contribution in [0.25, 0.3) is 10.2 Å². The van der Waals surface area contributed by atoms with E-state index >= 15 is 0 Å². The van der Waals surface area contributed by atoms with Crippen LogP contribution in [0, 0.1) is 5.92 Å². The molecule has 2 aromatic rings. The van der Waals surface area contributed by atoms with Gasteiger partial charge in [0.1, 0.15) is 0 Å². The van der Waals surface area contributed by atoms with Crippen LogP contribution in [-0.2, 0) is 0 Å². The Kier molecular flexibility index (Phi) is 2.97. The van der Waals surface area contributed by atoms with Gasteiger partial charge >= 0.3 is 0 Å². The quantitative estimate of drug-likeness (QED) is 0.731. The van der Waals surface area contributed by atoms with Gasteiger partial charge in [0.05, 0.1) is 10.2 Å². The van der Waals surface area contributed by atoms with E-state index in [-0.39, 0.29) is 0 Å². The van der Waals surface area contributed by atoms with E-state index in [0.717, 1.165) is 30.2 Å². The number of hydrogen-bond donors (Lipinski definition) is 0. The van der Waals surface area contributed by atoms with E-state index in [4.69, 9.17) is 16.6 Å². The molecule has 90 valence electrons. The maximum atomic E-state index is 6.25. The summed E-state index contributed by atoms with van der Waals surface area (Å²) in [5.41, 5.74) is 1.10. The third-order valence-corrected chi connectivity index (χ3v) is 5.10. The van der Waals surface area contributed by atoms with Crippen LogP contribution < -0.4 is 4.90 Å². The fourth-order valence-corrected chi connectivity index (χ4v) is 3.46. The molecule has 0 aliphatic carbocycles. The maximum Gasteiger partial charge on any atom is 0.186 e. The second-order valence-corrected chi connectivity index (χ2v) is 6.26. The smallest absolute Gasteiger partial charge is 0.186 e. The molecule has 3 rings (SSSR count). The Labute approximate surface area is 110 Å².